The Balaban J connectivity index is 2.39. The highest BCUT2D eigenvalue weighted by Gasteiger charge is 2.22. The maximum absolute atomic E-state index is 10.5. The predicted octanol–water partition coefficient (Wildman–Crippen LogP) is 0.760. The van der Waals surface area contributed by atoms with Crippen molar-refractivity contribution in [2.75, 3.05) is 25.0 Å². The number of morpholine rings is 1. The Morgan fingerprint density at radius 2 is 2.55 bits per heavy atom. The van der Waals surface area contributed by atoms with E-state index in [1.807, 2.05) is 0 Å². The number of ether oxygens (including phenoxy) is 1. The Morgan fingerprint density at radius 3 is 3.09 bits per heavy atom. The molecule has 4 nitrogen and oxygen atoms in total. The van der Waals surface area contributed by atoms with Gasteiger partial charge in [-0.2, -0.15) is 0 Å². The fraction of sp³-hybridized carbons (Fsp3) is 0.833. The van der Waals surface area contributed by atoms with E-state index in [-0.39, 0.29) is 6.10 Å². The van der Waals surface area contributed by atoms with Crippen molar-refractivity contribution in [2.24, 2.45) is 0 Å². The van der Waals surface area contributed by atoms with Crippen molar-refractivity contribution >= 4 is 22.0 Å². The first kappa shape index (κ1) is 8.80. The summed E-state index contributed by atoms with van der Waals surface area (Å²) in [6, 6.07) is 0. The lowest BCUT2D eigenvalue weighted by molar-refractivity contribution is -0.00900. The second kappa shape index (κ2) is 3.92. The third-order valence-electron chi connectivity index (χ3n) is 1.58. The van der Waals surface area contributed by atoms with Crippen LogP contribution >= 0.6 is 15.9 Å². The average Bonchev–Trinajstić information content (AvgIpc) is 2.05. The summed E-state index contributed by atoms with van der Waals surface area (Å²) < 4.78 is 5.26. The van der Waals surface area contributed by atoms with E-state index in [1.165, 1.54) is 4.90 Å². The average molecular weight is 224 g/mol. The minimum Gasteiger partial charge on any atom is -0.465 e. The molecule has 0 saturated carbocycles. The fourth-order valence-corrected chi connectivity index (χ4v) is 1.38. The number of halogens is 1. The van der Waals surface area contributed by atoms with Gasteiger partial charge in [-0.15, -0.1) is 0 Å². The zero-order valence-corrected chi connectivity index (χ0v) is 7.58. The highest BCUT2D eigenvalue weighted by molar-refractivity contribution is 9.09. The minimum absolute atomic E-state index is 0.0137. The Kier molecular flexibility index (Phi) is 3.14. The van der Waals surface area contributed by atoms with E-state index in [0.717, 1.165) is 0 Å². The normalized spacial score (nSPS) is 25.2. The molecule has 1 N–H and O–H groups in total. The number of amides is 1. The molecule has 1 rings (SSSR count). The molecule has 0 radical (unpaired) electrons. The predicted molar refractivity (Wildman–Crippen MR) is 43.1 cm³/mol. The van der Waals surface area contributed by atoms with Crippen LogP contribution in [0.2, 0.25) is 0 Å². The van der Waals surface area contributed by atoms with Crippen LogP contribution in [0.15, 0.2) is 0 Å². The van der Waals surface area contributed by atoms with E-state index in [4.69, 9.17) is 9.84 Å². The van der Waals surface area contributed by atoms with E-state index < -0.39 is 6.09 Å². The lowest BCUT2D eigenvalue weighted by atomic mass is 10.3. The summed E-state index contributed by atoms with van der Waals surface area (Å²) in [7, 11) is 0. The van der Waals surface area contributed by atoms with Gasteiger partial charge in [-0.1, -0.05) is 15.9 Å². The molecule has 0 unspecified atom stereocenters. The third-order valence-corrected chi connectivity index (χ3v) is 2.30. The Labute approximate surface area is 73.3 Å². The molecule has 1 saturated heterocycles. The summed E-state index contributed by atoms with van der Waals surface area (Å²) in [5.41, 5.74) is 0. The summed E-state index contributed by atoms with van der Waals surface area (Å²) in [4.78, 5) is 11.8. The highest BCUT2D eigenvalue weighted by atomic mass is 79.9. The van der Waals surface area contributed by atoms with Crippen molar-refractivity contribution in [3.8, 4) is 0 Å². The molecule has 0 aliphatic carbocycles. The Morgan fingerprint density at radius 1 is 1.82 bits per heavy atom. The van der Waals surface area contributed by atoms with Crippen LogP contribution < -0.4 is 0 Å². The Hall–Kier alpha value is -0.290. The second-order valence-electron chi connectivity index (χ2n) is 2.38. The zero-order chi connectivity index (χ0) is 8.27. The summed E-state index contributed by atoms with van der Waals surface area (Å²) in [6.07, 6.45) is -0.848. The fourth-order valence-electron chi connectivity index (χ4n) is 0.986. The van der Waals surface area contributed by atoms with Gasteiger partial charge >= 0.3 is 6.09 Å². The molecule has 1 atom stereocenters. The number of carboxylic acid groups (broad SMARTS) is 1. The molecule has 0 aromatic rings. The van der Waals surface area contributed by atoms with Gasteiger partial charge in [-0.25, -0.2) is 4.79 Å². The molecular formula is C6H10BrNO3. The van der Waals surface area contributed by atoms with E-state index in [2.05, 4.69) is 15.9 Å². The van der Waals surface area contributed by atoms with Crippen molar-refractivity contribution in [2.45, 2.75) is 6.10 Å². The van der Waals surface area contributed by atoms with Crippen molar-refractivity contribution in [3.05, 3.63) is 0 Å². The molecule has 1 amide bonds. The molecule has 1 aliphatic heterocycles. The van der Waals surface area contributed by atoms with Crippen LogP contribution in [0.4, 0.5) is 4.79 Å². The van der Waals surface area contributed by atoms with Gasteiger partial charge in [0.1, 0.15) is 0 Å². The number of alkyl halides is 1. The first-order chi connectivity index (χ1) is 5.24. The van der Waals surface area contributed by atoms with Gasteiger partial charge in [-0.3, -0.25) is 0 Å². The monoisotopic (exact) mass is 223 g/mol. The van der Waals surface area contributed by atoms with Gasteiger partial charge in [0.15, 0.2) is 0 Å². The van der Waals surface area contributed by atoms with Crippen LogP contribution in [0, 0.1) is 0 Å². The quantitative estimate of drug-likeness (QED) is 0.669. The van der Waals surface area contributed by atoms with Crippen molar-refractivity contribution in [1.29, 1.82) is 0 Å². The van der Waals surface area contributed by atoms with Crippen LogP contribution in [-0.2, 0) is 4.74 Å². The highest BCUT2D eigenvalue weighted by Crippen LogP contribution is 2.07. The summed E-state index contributed by atoms with van der Waals surface area (Å²) in [5, 5.41) is 9.30. The molecule has 1 heterocycles. The lowest BCUT2D eigenvalue weighted by Crippen LogP contribution is -2.45. The van der Waals surface area contributed by atoms with Crippen molar-refractivity contribution in [1.82, 2.24) is 4.90 Å². The Bertz CT molecular complexity index is 153. The van der Waals surface area contributed by atoms with Gasteiger partial charge < -0.3 is 14.7 Å². The standard InChI is InChI=1S/C6H10BrNO3/c7-3-5-4-8(6(9)10)1-2-11-5/h5H,1-4H2,(H,9,10)/t5-/m0/s1. The van der Waals surface area contributed by atoms with Crippen LogP contribution in [0.1, 0.15) is 0 Å². The zero-order valence-electron chi connectivity index (χ0n) is 5.99. The summed E-state index contributed by atoms with van der Waals surface area (Å²) >= 11 is 3.24. The molecule has 11 heavy (non-hydrogen) atoms. The SMILES string of the molecule is O=C(O)N1CCO[C@@H](CBr)C1. The molecule has 1 aliphatic rings. The first-order valence-corrected chi connectivity index (χ1v) is 4.51. The van der Waals surface area contributed by atoms with Crippen LogP contribution in [-0.4, -0.2) is 47.2 Å². The third kappa shape index (κ3) is 2.34. The molecule has 0 aromatic carbocycles. The summed E-state index contributed by atoms with van der Waals surface area (Å²) in [5.74, 6) is 0. The van der Waals surface area contributed by atoms with Crippen molar-refractivity contribution in [3.63, 3.8) is 0 Å². The van der Waals surface area contributed by atoms with E-state index in [0.29, 0.717) is 25.0 Å². The number of rotatable bonds is 1. The molecule has 64 valence electrons. The molecule has 0 bridgehead atoms. The largest absolute Gasteiger partial charge is 0.465 e. The number of nitrogens with zero attached hydrogens (tertiary/aromatic N) is 1. The maximum Gasteiger partial charge on any atom is 0.407 e. The smallest absolute Gasteiger partial charge is 0.407 e. The van der Waals surface area contributed by atoms with E-state index in [1.54, 1.807) is 0 Å². The second-order valence-corrected chi connectivity index (χ2v) is 3.02. The van der Waals surface area contributed by atoms with Crippen LogP contribution in [0.3, 0.4) is 0 Å². The van der Waals surface area contributed by atoms with Gasteiger partial charge in [0.05, 0.1) is 19.3 Å². The van der Waals surface area contributed by atoms with E-state index in [9.17, 15) is 4.79 Å². The molecule has 1 fully saturated rings. The van der Waals surface area contributed by atoms with Gasteiger partial charge in [-0.05, 0) is 0 Å². The van der Waals surface area contributed by atoms with Gasteiger partial charge in [0, 0.05) is 11.9 Å². The molecule has 0 spiro atoms. The minimum atomic E-state index is -0.862. The molecule has 0 aromatic heterocycles. The van der Waals surface area contributed by atoms with Gasteiger partial charge in [0.2, 0.25) is 0 Å². The number of carbonyl (C=O) groups is 1. The summed E-state index contributed by atoms with van der Waals surface area (Å²) in [6.45, 7) is 1.46. The van der Waals surface area contributed by atoms with E-state index >= 15 is 0 Å². The van der Waals surface area contributed by atoms with Crippen molar-refractivity contribution < 1.29 is 14.6 Å². The molecular weight excluding hydrogens is 214 g/mol. The topological polar surface area (TPSA) is 49.8 Å². The molecule has 5 heteroatoms. The lowest BCUT2D eigenvalue weighted by Gasteiger charge is -2.29. The number of hydrogen-bond donors (Lipinski definition) is 1. The number of hydrogen-bond acceptors (Lipinski definition) is 2. The first-order valence-electron chi connectivity index (χ1n) is 3.39. The van der Waals surface area contributed by atoms with Crippen LogP contribution in [0.5, 0.6) is 0 Å². The van der Waals surface area contributed by atoms with Gasteiger partial charge in [0.25, 0.3) is 0 Å². The van der Waals surface area contributed by atoms with Crippen LogP contribution in [0.25, 0.3) is 0 Å². The maximum atomic E-state index is 10.5.